The fourth-order valence-corrected chi connectivity index (χ4v) is 12.8. The van der Waals surface area contributed by atoms with Gasteiger partial charge in [-0.3, -0.25) is 37.3 Å². The van der Waals surface area contributed by atoms with Crippen LogP contribution in [0.3, 0.4) is 0 Å². The topological polar surface area (TPSA) is 237 Å². The molecule has 0 rings (SSSR count). The second-order valence-electron chi connectivity index (χ2n) is 26.8. The maximum Gasteiger partial charge on any atom is 0.472 e. The highest BCUT2D eigenvalue weighted by Gasteiger charge is 2.30. The van der Waals surface area contributed by atoms with Gasteiger partial charge in [0.2, 0.25) is 0 Å². The lowest BCUT2D eigenvalue weighted by atomic mass is 10.0. The summed E-state index contributed by atoms with van der Waals surface area (Å²) in [4.78, 5) is 72.5. The van der Waals surface area contributed by atoms with E-state index in [1.165, 1.54) is 193 Å². The zero-order chi connectivity index (χ0) is 67.7. The third-order valence-corrected chi connectivity index (χ3v) is 18.9. The van der Waals surface area contributed by atoms with Gasteiger partial charge in [0.05, 0.1) is 26.4 Å². The molecule has 0 radical (unpaired) electrons. The lowest BCUT2D eigenvalue weighted by molar-refractivity contribution is -0.161. The Kier molecular flexibility index (Phi) is 64.9. The number of phosphoric ester groups is 2. The third kappa shape index (κ3) is 66.7. The van der Waals surface area contributed by atoms with Crippen molar-refractivity contribution < 1.29 is 80.2 Å². The summed E-state index contributed by atoms with van der Waals surface area (Å²) in [5.74, 6) is -1.30. The molecule has 19 heteroatoms. The van der Waals surface area contributed by atoms with Gasteiger partial charge in [-0.2, -0.15) is 0 Å². The SMILES string of the molecule is CCCCCCCCCCCCCCCC(=O)OC[C@H](COP(=O)(O)OC[C@@H](O)COP(=O)(O)OC[C@@H](COC(=O)CCCCCCCCC)OC(=O)CCCCCCCCCCCCC)OC(=O)CCCCCCCCCCCCCCCCCCCCC(C)C. The number of carbonyl (C=O) groups excluding carboxylic acids is 4. The lowest BCUT2D eigenvalue weighted by Gasteiger charge is -2.21. The predicted octanol–water partition coefficient (Wildman–Crippen LogP) is 21.3. The molecule has 0 amide bonds. The van der Waals surface area contributed by atoms with Crippen LogP contribution in [-0.4, -0.2) is 96.7 Å². The van der Waals surface area contributed by atoms with Gasteiger partial charge in [0, 0.05) is 25.7 Å². The molecule has 0 bridgehead atoms. The number of esters is 4. The smallest absolute Gasteiger partial charge is 0.462 e. The molecule has 2 unspecified atom stereocenters. The number of hydrogen-bond acceptors (Lipinski definition) is 15. The van der Waals surface area contributed by atoms with Crippen molar-refractivity contribution in [1.82, 2.24) is 0 Å². The van der Waals surface area contributed by atoms with Gasteiger partial charge in [0.1, 0.15) is 19.3 Å². The Morgan fingerprint density at radius 2 is 0.500 bits per heavy atom. The number of carbonyl (C=O) groups is 4. The molecule has 0 aliphatic rings. The molecule has 0 spiro atoms. The van der Waals surface area contributed by atoms with Gasteiger partial charge in [0.15, 0.2) is 12.2 Å². The minimum absolute atomic E-state index is 0.107. The number of aliphatic hydroxyl groups is 1. The summed E-state index contributed by atoms with van der Waals surface area (Å²) < 4.78 is 68.3. The molecule has 0 aliphatic carbocycles. The Labute approximate surface area is 562 Å². The molecular weight excluding hydrogens is 1210 g/mol. The van der Waals surface area contributed by atoms with Crippen molar-refractivity contribution in [2.45, 2.75) is 400 Å². The Bertz CT molecular complexity index is 1770. The number of ether oxygens (including phenoxy) is 4. The van der Waals surface area contributed by atoms with Crippen molar-refractivity contribution in [3.63, 3.8) is 0 Å². The number of phosphoric acid groups is 2. The van der Waals surface area contributed by atoms with Crippen molar-refractivity contribution in [1.29, 1.82) is 0 Å². The molecule has 5 atom stereocenters. The molecular formula is C73H142O17P2. The van der Waals surface area contributed by atoms with Crippen molar-refractivity contribution in [2.75, 3.05) is 39.6 Å². The summed E-state index contributed by atoms with van der Waals surface area (Å²) >= 11 is 0. The van der Waals surface area contributed by atoms with Gasteiger partial charge in [0.25, 0.3) is 0 Å². The Balaban J connectivity index is 5.15. The van der Waals surface area contributed by atoms with Gasteiger partial charge in [-0.15, -0.1) is 0 Å². The van der Waals surface area contributed by atoms with E-state index in [9.17, 15) is 43.2 Å². The molecule has 0 saturated carbocycles. The van der Waals surface area contributed by atoms with Crippen molar-refractivity contribution in [3.8, 4) is 0 Å². The van der Waals surface area contributed by atoms with E-state index in [1.807, 2.05) is 0 Å². The summed E-state index contributed by atoms with van der Waals surface area (Å²) in [7, 11) is -9.90. The zero-order valence-corrected chi connectivity index (χ0v) is 61.5. The van der Waals surface area contributed by atoms with E-state index in [4.69, 9.17) is 37.0 Å². The molecule has 0 aromatic heterocycles. The molecule has 0 heterocycles. The molecule has 0 saturated heterocycles. The van der Waals surface area contributed by atoms with Gasteiger partial charge >= 0.3 is 39.5 Å². The molecule has 546 valence electrons. The number of aliphatic hydroxyl groups excluding tert-OH is 1. The number of unbranched alkanes of at least 4 members (excludes halogenated alkanes) is 45. The molecule has 92 heavy (non-hydrogen) atoms. The summed E-state index contributed by atoms with van der Waals surface area (Å²) in [6.07, 6.45) is 54.2. The van der Waals surface area contributed by atoms with E-state index in [1.54, 1.807) is 0 Å². The Morgan fingerprint density at radius 1 is 0.293 bits per heavy atom. The average Bonchev–Trinajstić information content (AvgIpc) is 2.15. The highest BCUT2D eigenvalue weighted by molar-refractivity contribution is 7.47. The van der Waals surface area contributed by atoms with Crippen LogP contribution >= 0.6 is 15.6 Å². The van der Waals surface area contributed by atoms with Gasteiger partial charge in [-0.05, 0) is 31.6 Å². The summed E-state index contributed by atoms with van der Waals surface area (Å²) in [6, 6.07) is 0. The molecule has 0 aliphatic heterocycles. The summed E-state index contributed by atoms with van der Waals surface area (Å²) in [5, 5.41) is 10.6. The number of hydrogen-bond donors (Lipinski definition) is 3. The zero-order valence-electron chi connectivity index (χ0n) is 59.7. The van der Waals surface area contributed by atoms with Crippen molar-refractivity contribution in [2.24, 2.45) is 5.92 Å². The normalized spacial score (nSPS) is 14.0. The minimum Gasteiger partial charge on any atom is -0.462 e. The van der Waals surface area contributed by atoms with Crippen LogP contribution in [0.4, 0.5) is 0 Å². The summed E-state index contributed by atoms with van der Waals surface area (Å²) in [6.45, 7) is 7.26. The average molecular weight is 1350 g/mol. The third-order valence-electron chi connectivity index (χ3n) is 17.0. The Hall–Kier alpha value is -1.94. The maximum atomic E-state index is 13.1. The largest absolute Gasteiger partial charge is 0.472 e. The Morgan fingerprint density at radius 3 is 0.739 bits per heavy atom. The minimum atomic E-state index is -4.95. The van der Waals surface area contributed by atoms with E-state index < -0.39 is 97.5 Å². The maximum absolute atomic E-state index is 13.1. The fraction of sp³-hybridized carbons (Fsp3) is 0.945. The quantitative estimate of drug-likeness (QED) is 0.0222. The van der Waals surface area contributed by atoms with Crippen LogP contribution < -0.4 is 0 Å². The van der Waals surface area contributed by atoms with E-state index >= 15 is 0 Å². The van der Waals surface area contributed by atoms with Crippen LogP contribution in [0.2, 0.25) is 0 Å². The van der Waals surface area contributed by atoms with Crippen LogP contribution in [0, 0.1) is 5.92 Å². The van der Waals surface area contributed by atoms with Crippen LogP contribution in [-0.2, 0) is 65.4 Å². The molecule has 0 aromatic rings. The molecule has 0 aromatic carbocycles. The first-order valence-electron chi connectivity index (χ1n) is 38.1. The number of rotatable bonds is 73. The first-order valence-corrected chi connectivity index (χ1v) is 41.1. The van der Waals surface area contributed by atoms with Crippen LogP contribution in [0.1, 0.15) is 381 Å². The highest BCUT2D eigenvalue weighted by Crippen LogP contribution is 2.45. The van der Waals surface area contributed by atoms with Crippen molar-refractivity contribution in [3.05, 3.63) is 0 Å². The lowest BCUT2D eigenvalue weighted by Crippen LogP contribution is -2.30. The predicted molar refractivity (Wildman–Crippen MR) is 372 cm³/mol. The first-order chi connectivity index (χ1) is 44.5. The van der Waals surface area contributed by atoms with Gasteiger partial charge in [-0.1, -0.05) is 330 Å². The first kappa shape index (κ1) is 90.1. The molecule has 17 nitrogen and oxygen atoms in total. The van der Waals surface area contributed by atoms with E-state index in [-0.39, 0.29) is 25.7 Å². The van der Waals surface area contributed by atoms with Crippen LogP contribution in [0.5, 0.6) is 0 Å². The van der Waals surface area contributed by atoms with E-state index in [0.717, 1.165) is 109 Å². The van der Waals surface area contributed by atoms with Crippen LogP contribution in [0.15, 0.2) is 0 Å². The fourth-order valence-electron chi connectivity index (χ4n) is 11.2. The molecule has 0 fully saturated rings. The highest BCUT2D eigenvalue weighted by atomic mass is 31.2. The van der Waals surface area contributed by atoms with Crippen LogP contribution in [0.25, 0.3) is 0 Å². The van der Waals surface area contributed by atoms with Gasteiger partial charge in [-0.25, -0.2) is 9.13 Å². The second kappa shape index (κ2) is 66.3. The molecule has 3 N–H and O–H groups in total. The standard InChI is InChI=1S/C73H142O17P2/c1-6-9-12-15-18-20-22-29-34-37-42-47-52-57-71(76)84-63-69(90-73(78)59-54-49-44-39-35-31-28-26-24-23-25-27-30-33-36-41-45-50-55-66(4)5)65-88-92(81,82)86-61-67(74)60-85-91(79,80)87-64-68(62-83-70(75)56-51-46-40-17-14-11-8-3)89-72(77)58-53-48-43-38-32-21-19-16-13-10-7-2/h66-69,74H,6-65H2,1-5H3,(H,79,80)(H,81,82)/t67-,68+,69+/m0/s1. The van der Waals surface area contributed by atoms with Gasteiger partial charge < -0.3 is 33.8 Å². The monoisotopic (exact) mass is 1350 g/mol. The van der Waals surface area contributed by atoms with E-state index in [0.29, 0.717) is 25.7 Å². The second-order valence-corrected chi connectivity index (χ2v) is 29.7. The van der Waals surface area contributed by atoms with Crippen molar-refractivity contribution >= 4 is 39.5 Å². The van der Waals surface area contributed by atoms with E-state index in [2.05, 4.69) is 34.6 Å². The summed E-state index contributed by atoms with van der Waals surface area (Å²) in [5.41, 5.74) is 0.